The Morgan fingerprint density at radius 3 is 2.76 bits per heavy atom. The van der Waals surface area contributed by atoms with Crippen LogP contribution in [0.5, 0.6) is 0 Å². The summed E-state index contributed by atoms with van der Waals surface area (Å²) in [6, 6.07) is 0. The summed E-state index contributed by atoms with van der Waals surface area (Å²) >= 11 is 0. The normalized spacial score (nSPS) is 16.5. The SMILES string of the molecule is CNCc1nnn(CCC2CCC2)c1C(F)F. The highest BCUT2D eigenvalue weighted by molar-refractivity contribution is 5.11. The van der Waals surface area contributed by atoms with Crippen molar-refractivity contribution in [1.29, 1.82) is 0 Å². The van der Waals surface area contributed by atoms with Gasteiger partial charge >= 0.3 is 0 Å². The number of rotatable bonds is 6. The van der Waals surface area contributed by atoms with Gasteiger partial charge in [-0.3, -0.25) is 0 Å². The highest BCUT2D eigenvalue weighted by atomic mass is 19.3. The molecule has 17 heavy (non-hydrogen) atoms. The molecule has 1 aromatic heterocycles. The fourth-order valence-electron chi connectivity index (χ4n) is 2.14. The zero-order valence-corrected chi connectivity index (χ0v) is 9.99. The van der Waals surface area contributed by atoms with E-state index in [-0.39, 0.29) is 5.69 Å². The van der Waals surface area contributed by atoms with E-state index in [1.54, 1.807) is 7.05 Å². The number of hydrogen-bond acceptors (Lipinski definition) is 3. The first-order valence-corrected chi connectivity index (χ1v) is 6.07. The molecule has 0 saturated heterocycles. The van der Waals surface area contributed by atoms with Gasteiger partial charge in [0.15, 0.2) is 0 Å². The third-order valence-corrected chi connectivity index (χ3v) is 3.37. The van der Waals surface area contributed by atoms with Gasteiger partial charge in [-0.05, 0) is 19.4 Å². The van der Waals surface area contributed by atoms with Gasteiger partial charge in [0.25, 0.3) is 6.43 Å². The first-order chi connectivity index (χ1) is 8.22. The second kappa shape index (κ2) is 5.53. The van der Waals surface area contributed by atoms with E-state index in [2.05, 4.69) is 15.6 Å². The Bertz CT molecular complexity index is 360. The molecule has 0 spiro atoms. The van der Waals surface area contributed by atoms with Crippen LogP contribution in [0.4, 0.5) is 8.78 Å². The number of nitrogens with zero attached hydrogens (tertiary/aromatic N) is 3. The second-order valence-electron chi connectivity index (χ2n) is 4.56. The standard InChI is InChI=1S/C11H18F2N4/c1-14-7-9-10(11(12)13)17(16-15-9)6-5-8-3-2-4-8/h8,11,14H,2-7H2,1H3. The lowest BCUT2D eigenvalue weighted by molar-refractivity contribution is 0.136. The van der Waals surface area contributed by atoms with E-state index in [9.17, 15) is 8.78 Å². The molecule has 6 heteroatoms. The van der Waals surface area contributed by atoms with Crippen molar-refractivity contribution in [3.8, 4) is 0 Å². The van der Waals surface area contributed by atoms with Gasteiger partial charge in [0.2, 0.25) is 0 Å². The second-order valence-corrected chi connectivity index (χ2v) is 4.56. The molecule has 1 fully saturated rings. The molecule has 4 nitrogen and oxygen atoms in total. The monoisotopic (exact) mass is 244 g/mol. The zero-order chi connectivity index (χ0) is 12.3. The van der Waals surface area contributed by atoms with Crippen LogP contribution in [0.25, 0.3) is 0 Å². The molecule has 1 aliphatic rings. The Balaban J connectivity index is 2.03. The summed E-state index contributed by atoms with van der Waals surface area (Å²) in [6.45, 7) is 0.893. The molecular formula is C11H18F2N4. The van der Waals surface area contributed by atoms with Crippen LogP contribution in [-0.2, 0) is 13.1 Å². The van der Waals surface area contributed by atoms with E-state index in [1.807, 2.05) is 0 Å². The van der Waals surface area contributed by atoms with E-state index < -0.39 is 6.43 Å². The number of alkyl halides is 2. The van der Waals surface area contributed by atoms with Crippen molar-refractivity contribution in [1.82, 2.24) is 20.3 Å². The minimum atomic E-state index is -2.50. The molecule has 1 saturated carbocycles. The van der Waals surface area contributed by atoms with Gasteiger partial charge in [0, 0.05) is 13.1 Å². The Morgan fingerprint density at radius 2 is 2.24 bits per heavy atom. The van der Waals surface area contributed by atoms with Crippen LogP contribution in [-0.4, -0.2) is 22.0 Å². The Hall–Kier alpha value is -1.04. The summed E-state index contributed by atoms with van der Waals surface area (Å²) in [5, 5.41) is 10.5. The number of aryl methyl sites for hydroxylation is 1. The molecule has 0 bridgehead atoms. The molecule has 2 rings (SSSR count). The number of nitrogens with one attached hydrogen (secondary N) is 1. The van der Waals surface area contributed by atoms with Crippen LogP contribution in [0.3, 0.4) is 0 Å². The fraction of sp³-hybridized carbons (Fsp3) is 0.818. The smallest absolute Gasteiger partial charge is 0.281 e. The fourth-order valence-corrected chi connectivity index (χ4v) is 2.14. The first kappa shape index (κ1) is 12.4. The number of hydrogen-bond donors (Lipinski definition) is 1. The molecule has 0 aromatic carbocycles. The van der Waals surface area contributed by atoms with E-state index in [0.29, 0.717) is 24.7 Å². The quantitative estimate of drug-likeness (QED) is 0.833. The van der Waals surface area contributed by atoms with Crippen molar-refractivity contribution in [2.75, 3.05) is 7.05 Å². The van der Waals surface area contributed by atoms with Gasteiger partial charge in [-0.15, -0.1) is 5.10 Å². The average molecular weight is 244 g/mol. The Kier molecular flexibility index (Phi) is 4.04. The maximum absolute atomic E-state index is 12.9. The summed E-state index contributed by atoms with van der Waals surface area (Å²) in [6.07, 6.45) is 2.15. The van der Waals surface area contributed by atoms with Gasteiger partial charge in [-0.2, -0.15) is 0 Å². The van der Waals surface area contributed by atoms with Crippen molar-refractivity contribution < 1.29 is 8.78 Å². The maximum atomic E-state index is 12.9. The molecule has 1 aromatic rings. The highest BCUT2D eigenvalue weighted by Crippen LogP contribution is 2.30. The maximum Gasteiger partial charge on any atom is 0.281 e. The Morgan fingerprint density at radius 1 is 1.47 bits per heavy atom. The molecule has 0 radical (unpaired) electrons. The average Bonchev–Trinajstić information content (AvgIpc) is 2.59. The number of aromatic nitrogens is 3. The van der Waals surface area contributed by atoms with Crippen LogP contribution < -0.4 is 5.32 Å². The predicted octanol–water partition coefficient (Wildman–Crippen LogP) is 2.13. The first-order valence-electron chi connectivity index (χ1n) is 6.07. The predicted molar refractivity (Wildman–Crippen MR) is 59.7 cm³/mol. The summed E-state index contributed by atoms with van der Waals surface area (Å²) in [5.74, 6) is 0.692. The summed E-state index contributed by atoms with van der Waals surface area (Å²) in [5.41, 5.74) is 0.329. The molecule has 0 unspecified atom stereocenters. The van der Waals surface area contributed by atoms with E-state index in [1.165, 1.54) is 23.9 Å². The Labute approximate surface area is 99.4 Å². The van der Waals surface area contributed by atoms with E-state index >= 15 is 0 Å². The number of halogens is 2. The lowest BCUT2D eigenvalue weighted by Gasteiger charge is -2.25. The van der Waals surface area contributed by atoms with Crippen molar-refractivity contribution in [3.05, 3.63) is 11.4 Å². The van der Waals surface area contributed by atoms with E-state index in [4.69, 9.17) is 0 Å². The van der Waals surface area contributed by atoms with Gasteiger partial charge < -0.3 is 5.32 Å². The van der Waals surface area contributed by atoms with Crippen molar-refractivity contribution in [2.24, 2.45) is 5.92 Å². The zero-order valence-electron chi connectivity index (χ0n) is 9.99. The van der Waals surface area contributed by atoms with Crippen LogP contribution in [0.1, 0.15) is 43.5 Å². The molecule has 0 aliphatic heterocycles. The summed E-state index contributed by atoms with van der Waals surface area (Å²) in [4.78, 5) is 0. The van der Waals surface area contributed by atoms with Crippen molar-refractivity contribution in [3.63, 3.8) is 0 Å². The minimum Gasteiger partial charge on any atom is -0.314 e. The topological polar surface area (TPSA) is 42.7 Å². The third-order valence-electron chi connectivity index (χ3n) is 3.37. The molecule has 1 heterocycles. The van der Waals surface area contributed by atoms with Gasteiger partial charge in [0.05, 0.1) is 0 Å². The molecule has 1 aliphatic carbocycles. The van der Waals surface area contributed by atoms with Crippen molar-refractivity contribution in [2.45, 2.75) is 45.2 Å². The molecule has 0 atom stereocenters. The third kappa shape index (κ3) is 2.80. The van der Waals surface area contributed by atoms with Gasteiger partial charge in [0.1, 0.15) is 11.4 Å². The van der Waals surface area contributed by atoms with Gasteiger partial charge in [-0.25, -0.2) is 13.5 Å². The highest BCUT2D eigenvalue weighted by Gasteiger charge is 2.23. The van der Waals surface area contributed by atoms with Gasteiger partial charge in [-0.1, -0.05) is 24.5 Å². The van der Waals surface area contributed by atoms with Crippen LogP contribution in [0.2, 0.25) is 0 Å². The lowest BCUT2D eigenvalue weighted by Crippen LogP contribution is -2.16. The molecule has 96 valence electrons. The molecule has 1 N–H and O–H groups in total. The minimum absolute atomic E-state index is 0.0290. The van der Waals surface area contributed by atoms with Crippen LogP contribution >= 0.6 is 0 Å². The summed E-state index contributed by atoms with van der Waals surface area (Å²) in [7, 11) is 1.71. The largest absolute Gasteiger partial charge is 0.314 e. The van der Waals surface area contributed by atoms with Crippen molar-refractivity contribution >= 4 is 0 Å². The molecular weight excluding hydrogens is 226 g/mol. The van der Waals surface area contributed by atoms with Crippen LogP contribution in [0.15, 0.2) is 0 Å². The molecule has 0 amide bonds. The van der Waals surface area contributed by atoms with Crippen LogP contribution in [0, 0.1) is 5.92 Å². The summed E-state index contributed by atoms with van der Waals surface area (Å²) < 4.78 is 27.2. The van der Waals surface area contributed by atoms with E-state index in [0.717, 1.165) is 6.42 Å². The lowest BCUT2D eigenvalue weighted by atomic mass is 9.83.